The van der Waals surface area contributed by atoms with Gasteiger partial charge in [-0.2, -0.15) is 0 Å². The van der Waals surface area contributed by atoms with Crippen molar-refractivity contribution in [2.75, 3.05) is 31.5 Å². The highest BCUT2D eigenvalue weighted by Gasteiger charge is 2.33. The Labute approximate surface area is 111 Å². The van der Waals surface area contributed by atoms with Crippen LogP contribution in [-0.2, 0) is 4.79 Å². The van der Waals surface area contributed by atoms with Crippen LogP contribution in [0.2, 0.25) is 0 Å². The second kappa shape index (κ2) is 5.48. The summed E-state index contributed by atoms with van der Waals surface area (Å²) in [5.41, 5.74) is 0.695. The minimum absolute atomic E-state index is 0.0588. The van der Waals surface area contributed by atoms with Gasteiger partial charge < -0.3 is 14.4 Å². The van der Waals surface area contributed by atoms with E-state index in [-0.39, 0.29) is 11.8 Å². The van der Waals surface area contributed by atoms with E-state index in [9.17, 15) is 4.79 Å². The molecule has 0 spiro atoms. The van der Waals surface area contributed by atoms with Gasteiger partial charge in [-0.05, 0) is 18.1 Å². The van der Waals surface area contributed by atoms with Gasteiger partial charge in [0.25, 0.3) is 0 Å². The molecule has 0 bridgehead atoms. The van der Waals surface area contributed by atoms with Gasteiger partial charge >= 0.3 is 0 Å². The molecule has 1 aliphatic rings. The summed E-state index contributed by atoms with van der Waals surface area (Å²) < 4.78 is 10.6. The zero-order chi connectivity index (χ0) is 13.1. The van der Waals surface area contributed by atoms with Gasteiger partial charge in [0, 0.05) is 18.8 Å². The van der Waals surface area contributed by atoms with Crippen molar-refractivity contribution in [3.8, 4) is 11.5 Å². The van der Waals surface area contributed by atoms with Crippen molar-refractivity contribution in [2.45, 2.75) is 6.42 Å². The van der Waals surface area contributed by atoms with Crippen LogP contribution >= 0.6 is 11.6 Å². The first-order valence-corrected chi connectivity index (χ1v) is 6.32. The standard InChI is InChI=1S/C13H16ClNO3/c1-17-10-4-3-5-11(18-2)13(10)15-8-9(7-14)6-12(15)16/h3-5,9H,6-8H2,1-2H3. The number of amides is 1. The molecule has 18 heavy (non-hydrogen) atoms. The Morgan fingerprint density at radius 2 is 1.94 bits per heavy atom. The van der Waals surface area contributed by atoms with Crippen LogP contribution < -0.4 is 14.4 Å². The van der Waals surface area contributed by atoms with E-state index in [1.54, 1.807) is 19.1 Å². The lowest BCUT2D eigenvalue weighted by atomic mass is 10.1. The Balaban J connectivity index is 2.40. The smallest absolute Gasteiger partial charge is 0.227 e. The third-order valence-electron chi connectivity index (χ3n) is 3.10. The van der Waals surface area contributed by atoms with Gasteiger partial charge in [-0.1, -0.05) is 6.07 Å². The lowest BCUT2D eigenvalue weighted by Gasteiger charge is -2.21. The molecule has 1 aromatic carbocycles. The second-order valence-electron chi connectivity index (χ2n) is 4.24. The van der Waals surface area contributed by atoms with Crippen molar-refractivity contribution in [1.82, 2.24) is 0 Å². The van der Waals surface area contributed by atoms with E-state index in [4.69, 9.17) is 21.1 Å². The van der Waals surface area contributed by atoms with Crippen molar-refractivity contribution >= 4 is 23.2 Å². The molecule has 2 rings (SSSR count). The Bertz CT molecular complexity index is 428. The number of nitrogens with zero attached hydrogens (tertiary/aromatic N) is 1. The topological polar surface area (TPSA) is 38.8 Å². The van der Waals surface area contributed by atoms with Crippen molar-refractivity contribution in [3.05, 3.63) is 18.2 Å². The number of halogens is 1. The SMILES string of the molecule is COc1cccc(OC)c1N1CC(CCl)CC1=O. The highest BCUT2D eigenvalue weighted by Crippen LogP contribution is 2.40. The molecule has 0 aromatic heterocycles. The summed E-state index contributed by atoms with van der Waals surface area (Å²) >= 11 is 5.83. The number of methoxy groups -OCH3 is 2. The van der Waals surface area contributed by atoms with Crippen LogP contribution in [0.3, 0.4) is 0 Å². The van der Waals surface area contributed by atoms with Gasteiger partial charge in [-0.3, -0.25) is 4.79 Å². The fourth-order valence-electron chi connectivity index (χ4n) is 2.20. The Morgan fingerprint density at radius 1 is 1.33 bits per heavy atom. The van der Waals surface area contributed by atoms with E-state index in [0.29, 0.717) is 36.0 Å². The van der Waals surface area contributed by atoms with E-state index >= 15 is 0 Å². The normalized spacial score (nSPS) is 19.2. The first kappa shape index (κ1) is 13.0. The van der Waals surface area contributed by atoms with Crippen molar-refractivity contribution in [1.29, 1.82) is 0 Å². The maximum Gasteiger partial charge on any atom is 0.227 e. The fourth-order valence-corrected chi connectivity index (χ4v) is 2.41. The highest BCUT2D eigenvalue weighted by atomic mass is 35.5. The molecule has 1 aromatic rings. The number of anilines is 1. The average molecular weight is 270 g/mol. The molecular weight excluding hydrogens is 254 g/mol. The van der Waals surface area contributed by atoms with Gasteiger partial charge in [-0.25, -0.2) is 0 Å². The number of carbonyl (C=O) groups excluding carboxylic acids is 1. The minimum atomic E-state index is 0.0588. The number of hydrogen-bond acceptors (Lipinski definition) is 3. The first-order valence-electron chi connectivity index (χ1n) is 5.78. The largest absolute Gasteiger partial charge is 0.494 e. The highest BCUT2D eigenvalue weighted by molar-refractivity contribution is 6.18. The molecule has 0 N–H and O–H groups in total. The summed E-state index contributed by atoms with van der Waals surface area (Å²) in [6.45, 7) is 0.610. The Kier molecular flexibility index (Phi) is 3.97. The molecule has 1 amide bonds. The summed E-state index contributed by atoms with van der Waals surface area (Å²) in [6, 6.07) is 5.47. The van der Waals surface area contributed by atoms with E-state index < -0.39 is 0 Å². The molecule has 0 aliphatic carbocycles. The van der Waals surface area contributed by atoms with E-state index in [2.05, 4.69) is 0 Å². The zero-order valence-corrected chi connectivity index (χ0v) is 11.2. The summed E-state index contributed by atoms with van der Waals surface area (Å²) in [6.07, 6.45) is 0.477. The van der Waals surface area contributed by atoms with Crippen molar-refractivity contribution < 1.29 is 14.3 Å². The molecule has 5 heteroatoms. The summed E-state index contributed by atoms with van der Waals surface area (Å²) in [4.78, 5) is 13.7. The molecule has 1 unspecified atom stereocenters. The lowest BCUT2D eigenvalue weighted by molar-refractivity contribution is -0.117. The number of carbonyl (C=O) groups is 1. The summed E-state index contributed by atoms with van der Waals surface area (Å²) in [7, 11) is 3.16. The summed E-state index contributed by atoms with van der Waals surface area (Å²) in [5, 5.41) is 0. The van der Waals surface area contributed by atoms with Crippen LogP contribution in [0.15, 0.2) is 18.2 Å². The summed E-state index contributed by atoms with van der Waals surface area (Å²) in [5.74, 6) is 2.01. The van der Waals surface area contributed by atoms with Crippen LogP contribution in [0.1, 0.15) is 6.42 Å². The number of benzene rings is 1. The van der Waals surface area contributed by atoms with Gasteiger partial charge in [0.05, 0.1) is 14.2 Å². The third kappa shape index (κ3) is 2.25. The quantitative estimate of drug-likeness (QED) is 0.788. The Morgan fingerprint density at radius 3 is 2.39 bits per heavy atom. The van der Waals surface area contributed by atoms with E-state index in [1.165, 1.54) is 0 Å². The molecule has 4 nitrogen and oxygen atoms in total. The maximum atomic E-state index is 12.0. The molecule has 0 radical (unpaired) electrons. The number of alkyl halides is 1. The molecule has 1 saturated heterocycles. The van der Waals surface area contributed by atoms with Crippen molar-refractivity contribution in [3.63, 3.8) is 0 Å². The molecule has 1 heterocycles. The molecule has 1 aliphatic heterocycles. The zero-order valence-electron chi connectivity index (χ0n) is 10.5. The van der Waals surface area contributed by atoms with Crippen LogP contribution in [0, 0.1) is 5.92 Å². The van der Waals surface area contributed by atoms with Crippen LogP contribution in [0.4, 0.5) is 5.69 Å². The lowest BCUT2D eigenvalue weighted by Crippen LogP contribution is -2.25. The van der Waals surface area contributed by atoms with Crippen LogP contribution in [-0.4, -0.2) is 32.6 Å². The van der Waals surface area contributed by atoms with Gasteiger partial charge in [0.2, 0.25) is 5.91 Å². The Hall–Kier alpha value is -1.42. The van der Waals surface area contributed by atoms with Gasteiger partial charge in [0.15, 0.2) is 0 Å². The number of ether oxygens (including phenoxy) is 2. The fraction of sp³-hybridized carbons (Fsp3) is 0.462. The van der Waals surface area contributed by atoms with Crippen LogP contribution in [0.5, 0.6) is 11.5 Å². The number of para-hydroxylation sites is 1. The third-order valence-corrected chi connectivity index (χ3v) is 3.53. The monoisotopic (exact) mass is 269 g/mol. The van der Waals surface area contributed by atoms with E-state index in [1.807, 2.05) is 18.2 Å². The molecule has 98 valence electrons. The van der Waals surface area contributed by atoms with Gasteiger partial charge in [-0.15, -0.1) is 11.6 Å². The molecule has 1 atom stereocenters. The van der Waals surface area contributed by atoms with Crippen molar-refractivity contribution in [2.24, 2.45) is 5.92 Å². The maximum absolute atomic E-state index is 12.0. The van der Waals surface area contributed by atoms with E-state index in [0.717, 1.165) is 0 Å². The minimum Gasteiger partial charge on any atom is -0.494 e. The number of hydrogen-bond donors (Lipinski definition) is 0. The van der Waals surface area contributed by atoms with Crippen LogP contribution in [0.25, 0.3) is 0 Å². The average Bonchev–Trinajstić information content (AvgIpc) is 2.78. The molecule has 0 saturated carbocycles. The second-order valence-corrected chi connectivity index (χ2v) is 4.55. The molecular formula is C13H16ClNO3. The number of rotatable bonds is 4. The first-order chi connectivity index (χ1) is 8.71. The predicted molar refractivity (Wildman–Crippen MR) is 70.7 cm³/mol. The van der Waals surface area contributed by atoms with Gasteiger partial charge in [0.1, 0.15) is 17.2 Å². The molecule has 1 fully saturated rings. The predicted octanol–water partition coefficient (Wildman–Crippen LogP) is 2.30.